The monoisotopic (exact) mass is 380 g/mol. The first-order valence-corrected chi connectivity index (χ1v) is 10.1. The number of benzene rings is 3. The van der Waals surface area contributed by atoms with Crippen molar-refractivity contribution in [3.8, 4) is 0 Å². The van der Waals surface area contributed by atoms with Crippen LogP contribution in [0.3, 0.4) is 0 Å². The minimum atomic E-state index is 0.185. The number of hydrogen-bond acceptors (Lipinski definition) is 2. The first-order chi connectivity index (χ1) is 14.2. The predicted octanol–water partition coefficient (Wildman–Crippen LogP) is 5.88. The van der Waals surface area contributed by atoms with Crippen LogP contribution >= 0.6 is 0 Å². The molecule has 2 aromatic heterocycles. The highest BCUT2D eigenvalue weighted by atomic mass is 15.0. The Morgan fingerprint density at radius 2 is 1.28 bits per heavy atom. The summed E-state index contributed by atoms with van der Waals surface area (Å²) >= 11 is 0. The normalized spacial score (nSPS) is 13.7. The molecule has 2 N–H and O–H groups in total. The molecule has 2 unspecified atom stereocenters. The van der Waals surface area contributed by atoms with Crippen LogP contribution in [0.15, 0.2) is 72.8 Å². The first-order valence-electron chi connectivity index (χ1n) is 10.1. The average molecular weight is 380 g/mol. The predicted molar refractivity (Wildman–Crippen MR) is 118 cm³/mol. The fourth-order valence-corrected chi connectivity index (χ4v) is 4.02. The SMILES string of the molecule is Cc1ccc(CC(c2nc3ccccc3[nH]2)C(C)c2nc3ccccc3[nH]2)cc1. The van der Waals surface area contributed by atoms with Crippen LogP contribution in [-0.2, 0) is 6.42 Å². The van der Waals surface area contributed by atoms with Crippen LogP contribution in [0, 0.1) is 6.92 Å². The van der Waals surface area contributed by atoms with E-state index in [2.05, 4.69) is 72.3 Å². The van der Waals surface area contributed by atoms with Gasteiger partial charge in [0.05, 0.1) is 22.1 Å². The fraction of sp³-hybridized carbons (Fsp3) is 0.200. The van der Waals surface area contributed by atoms with Crippen molar-refractivity contribution in [3.63, 3.8) is 0 Å². The minimum Gasteiger partial charge on any atom is -0.342 e. The molecule has 0 aliphatic carbocycles. The van der Waals surface area contributed by atoms with Gasteiger partial charge < -0.3 is 9.97 Å². The van der Waals surface area contributed by atoms with Crippen molar-refractivity contribution >= 4 is 22.1 Å². The molecule has 0 saturated heterocycles. The molecule has 3 aromatic carbocycles. The van der Waals surface area contributed by atoms with Crippen molar-refractivity contribution < 1.29 is 0 Å². The van der Waals surface area contributed by atoms with E-state index in [0.717, 1.165) is 40.1 Å². The lowest BCUT2D eigenvalue weighted by molar-refractivity contribution is 0.530. The molecule has 5 rings (SSSR count). The van der Waals surface area contributed by atoms with Crippen molar-refractivity contribution in [2.75, 3.05) is 0 Å². The zero-order valence-electron chi connectivity index (χ0n) is 16.7. The van der Waals surface area contributed by atoms with Crippen molar-refractivity contribution in [1.29, 1.82) is 0 Å². The number of aromatic amines is 2. The van der Waals surface area contributed by atoms with Crippen LogP contribution in [-0.4, -0.2) is 19.9 Å². The summed E-state index contributed by atoms with van der Waals surface area (Å²) in [6, 6.07) is 25.2. The van der Waals surface area contributed by atoms with E-state index in [1.54, 1.807) is 0 Å². The Morgan fingerprint density at radius 1 is 0.724 bits per heavy atom. The number of aromatic nitrogens is 4. The molecule has 0 amide bonds. The molecule has 2 atom stereocenters. The largest absolute Gasteiger partial charge is 0.342 e. The van der Waals surface area contributed by atoms with Gasteiger partial charge in [-0.15, -0.1) is 0 Å². The highest BCUT2D eigenvalue weighted by Gasteiger charge is 2.27. The van der Waals surface area contributed by atoms with E-state index in [-0.39, 0.29) is 11.8 Å². The highest BCUT2D eigenvalue weighted by Crippen LogP contribution is 2.34. The van der Waals surface area contributed by atoms with Crippen LogP contribution in [0.5, 0.6) is 0 Å². The molecule has 4 nitrogen and oxygen atoms in total. The summed E-state index contributed by atoms with van der Waals surface area (Å²) in [5.74, 6) is 2.39. The van der Waals surface area contributed by atoms with Crippen LogP contribution in [0.2, 0.25) is 0 Å². The Hall–Kier alpha value is -3.40. The third kappa shape index (κ3) is 3.42. The van der Waals surface area contributed by atoms with Crippen LogP contribution in [0.4, 0.5) is 0 Å². The Morgan fingerprint density at radius 3 is 1.90 bits per heavy atom. The summed E-state index contributed by atoms with van der Waals surface area (Å²) in [7, 11) is 0. The number of aryl methyl sites for hydroxylation is 1. The van der Waals surface area contributed by atoms with Gasteiger partial charge in [-0.2, -0.15) is 0 Å². The van der Waals surface area contributed by atoms with Crippen molar-refractivity contribution in [2.24, 2.45) is 0 Å². The third-order valence-electron chi connectivity index (χ3n) is 5.78. The number of para-hydroxylation sites is 4. The Labute approximate surface area is 170 Å². The molecular formula is C25H24N4. The van der Waals surface area contributed by atoms with Gasteiger partial charge in [0.1, 0.15) is 11.6 Å². The van der Waals surface area contributed by atoms with Gasteiger partial charge in [-0.3, -0.25) is 0 Å². The van der Waals surface area contributed by atoms with Crippen LogP contribution in [0.25, 0.3) is 22.1 Å². The number of hydrogen-bond donors (Lipinski definition) is 2. The van der Waals surface area contributed by atoms with Crippen LogP contribution in [0.1, 0.15) is 41.5 Å². The Bertz CT molecular complexity index is 1200. The second-order valence-corrected chi connectivity index (χ2v) is 7.86. The topological polar surface area (TPSA) is 57.4 Å². The average Bonchev–Trinajstić information content (AvgIpc) is 3.37. The maximum Gasteiger partial charge on any atom is 0.111 e. The van der Waals surface area contributed by atoms with Crippen molar-refractivity contribution in [2.45, 2.75) is 32.1 Å². The van der Waals surface area contributed by atoms with E-state index in [4.69, 9.17) is 9.97 Å². The number of fused-ring (bicyclic) bond motifs is 2. The number of imidazole rings is 2. The molecule has 0 spiro atoms. The number of rotatable bonds is 5. The quantitative estimate of drug-likeness (QED) is 0.400. The molecule has 0 saturated carbocycles. The van der Waals surface area contributed by atoms with Gasteiger partial charge in [0.25, 0.3) is 0 Å². The smallest absolute Gasteiger partial charge is 0.111 e. The Kier molecular flexibility index (Phi) is 4.39. The highest BCUT2D eigenvalue weighted by molar-refractivity contribution is 5.75. The zero-order valence-corrected chi connectivity index (χ0v) is 16.7. The van der Waals surface area contributed by atoms with Crippen molar-refractivity contribution in [3.05, 3.63) is 95.6 Å². The van der Waals surface area contributed by atoms with E-state index in [0.29, 0.717) is 0 Å². The molecule has 0 aliphatic rings. The van der Waals surface area contributed by atoms with Gasteiger partial charge in [-0.05, 0) is 43.2 Å². The number of nitrogens with one attached hydrogen (secondary N) is 2. The van der Waals surface area contributed by atoms with E-state index >= 15 is 0 Å². The van der Waals surface area contributed by atoms with E-state index in [1.807, 2.05) is 24.3 Å². The summed E-state index contributed by atoms with van der Waals surface area (Å²) in [5, 5.41) is 0. The summed E-state index contributed by atoms with van der Waals surface area (Å²) in [6.45, 7) is 4.36. The minimum absolute atomic E-state index is 0.185. The molecule has 144 valence electrons. The molecule has 0 bridgehead atoms. The lowest BCUT2D eigenvalue weighted by Crippen LogP contribution is -2.14. The second-order valence-electron chi connectivity index (χ2n) is 7.86. The lowest BCUT2D eigenvalue weighted by Gasteiger charge is -2.21. The summed E-state index contributed by atoms with van der Waals surface area (Å²) < 4.78 is 0. The van der Waals surface area contributed by atoms with Gasteiger partial charge in [0.15, 0.2) is 0 Å². The molecule has 29 heavy (non-hydrogen) atoms. The van der Waals surface area contributed by atoms with Gasteiger partial charge in [0.2, 0.25) is 0 Å². The summed E-state index contributed by atoms with van der Waals surface area (Å²) in [5.41, 5.74) is 6.76. The fourth-order valence-electron chi connectivity index (χ4n) is 4.02. The van der Waals surface area contributed by atoms with Gasteiger partial charge in [-0.25, -0.2) is 9.97 Å². The molecular weight excluding hydrogens is 356 g/mol. The molecule has 0 aliphatic heterocycles. The van der Waals surface area contributed by atoms with Crippen molar-refractivity contribution in [1.82, 2.24) is 19.9 Å². The molecule has 5 aromatic rings. The lowest BCUT2D eigenvalue weighted by atomic mass is 9.86. The summed E-state index contributed by atoms with van der Waals surface area (Å²) in [4.78, 5) is 16.9. The first kappa shape index (κ1) is 17.7. The van der Waals surface area contributed by atoms with Crippen LogP contribution < -0.4 is 0 Å². The maximum atomic E-state index is 4.93. The maximum absolute atomic E-state index is 4.93. The third-order valence-corrected chi connectivity index (χ3v) is 5.78. The molecule has 0 radical (unpaired) electrons. The Balaban J connectivity index is 1.57. The van der Waals surface area contributed by atoms with Gasteiger partial charge in [0, 0.05) is 11.8 Å². The molecule has 2 heterocycles. The van der Waals surface area contributed by atoms with E-state index < -0.39 is 0 Å². The zero-order chi connectivity index (χ0) is 19.8. The standard InChI is InChI=1S/C25H24N4/c1-16-11-13-18(14-12-16)15-19(25-28-22-9-5-6-10-23(22)29-25)17(2)24-26-20-7-3-4-8-21(20)27-24/h3-14,17,19H,15H2,1-2H3,(H,26,27)(H,28,29). The molecule has 0 fully saturated rings. The van der Waals surface area contributed by atoms with E-state index in [1.165, 1.54) is 11.1 Å². The number of H-pyrrole nitrogens is 2. The number of nitrogens with zero attached hydrogens (tertiary/aromatic N) is 2. The van der Waals surface area contributed by atoms with Gasteiger partial charge in [-0.1, -0.05) is 61.0 Å². The summed E-state index contributed by atoms with van der Waals surface area (Å²) in [6.07, 6.45) is 0.901. The van der Waals surface area contributed by atoms with Gasteiger partial charge >= 0.3 is 0 Å². The molecule has 4 heteroatoms. The second kappa shape index (κ2) is 7.21. The van der Waals surface area contributed by atoms with E-state index in [9.17, 15) is 0 Å².